The summed E-state index contributed by atoms with van der Waals surface area (Å²) in [6.45, 7) is 1.72. The van der Waals surface area contributed by atoms with E-state index in [2.05, 4.69) is 10.2 Å². The van der Waals surface area contributed by atoms with Crippen LogP contribution in [0.15, 0.2) is 60.7 Å². The summed E-state index contributed by atoms with van der Waals surface area (Å²) >= 11 is 0. The van der Waals surface area contributed by atoms with Crippen LogP contribution in [0.2, 0.25) is 0 Å². The minimum atomic E-state index is -0.155. The molecule has 1 aliphatic heterocycles. The number of hydrogen-bond acceptors (Lipinski definition) is 7. The minimum Gasteiger partial charge on any atom is -0.493 e. The molecule has 0 bridgehead atoms. The highest BCUT2D eigenvalue weighted by Crippen LogP contribution is 2.42. The van der Waals surface area contributed by atoms with Crippen molar-refractivity contribution in [2.45, 2.75) is 19.0 Å². The average Bonchev–Trinajstić information content (AvgIpc) is 3.09. The van der Waals surface area contributed by atoms with Crippen molar-refractivity contribution in [3.05, 3.63) is 77.4 Å². The third-order valence-corrected chi connectivity index (χ3v) is 6.51. The first kappa shape index (κ1) is 26.2. The molecule has 4 rings (SSSR count). The van der Waals surface area contributed by atoms with E-state index in [1.54, 1.807) is 28.4 Å². The molecule has 196 valence electrons. The van der Waals surface area contributed by atoms with Crippen LogP contribution in [-0.4, -0.2) is 58.9 Å². The van der Waals surface area contributed by atoms with Crippen LogP contribution < -0.4 is 29.0 Å². The maximum Gasteiger partial charge on any atom is 0.234 e. The fraction of sp³-hybridized carbons (Fsp3) is 0.345. The van der Waals surface area contributed by atoms with E-state index in [9.17, 15) is 4.79 Å². The van der Waals surface area contributed by atoms with Crippen LogP contribution in [0.25, 0.3) is 0 Å². The second-order valence-electron chi connectivity index (χ2n) is 8.74. The topological polar surface area (TPSA) is 78.5 Å². The summed E-state index contributed by atoms with van der Waals surface area (Å²) in [5.74, 6) is 3.20. The Bertz CT molecular complexity index is 1200. The molecule has 8 heteroatoms. The van der Waals surface area contributed by atoms with Crippen molar-refractivity contribution < 1.29 is 28.5 Å². The third kappa shape index (κ3) is 6.27. The summed E-state index contributed by atoms with van der Waals surface area (Å²) in [4.78, 5) is 15.2. The van der Waals surface area contributed by atoms with Crippen LogP contribution in [0.5, 0.6) is 28.7 Å². The number of amides is 1. The molecule has 1 aliphatic rings. The Morgan fingerprint density at radius 1 is 0.865 bits per heavy atom. The molecule has 0 saturated carbocycles. The molecule has 0 saturated heterocycles. The predicted octanol–water partition coefficient (Wildman–Crippen LogP) is 4.02. The monoisotopic (exact) mass is 506 g/mol. The standard InChI is InChI=1S/C29H34N2O6/c1-33-24-11-10-21(15-26(24)34-2)14-23-22-16-27(35-3)28(36-4)17-25(22)37-13-12-31(23)19-29(32)30-18-20-8-6-5-7-9-20/h5-11,15-17,23H,12-14,18-19H2,1-4H3,(H,30,32). The lowest BCUT2D eigenvalue weighted by atomic mass is 9.95. The van der Waals surface area contributed by atoms with E-state index in [0.717, 1.165) is 22.4 Å². The van der Waals surface area contributed by atoms with E-state index in [1.165, 1.54) is 0 Å². The van der Waals surface area contributed by atoms with E-state index < -0.39 is 0 Å². The van der Waals surface area contributed by atoms with Crippen molar-refractivity contribution >= 4 is 5.91 Å². The average molecular weight is 507 g/mol. The van der Waals surface area contributed by atoms with E-state index in [1.807, 2.05) is 60.7 Å². The lowest BCUT2D eigenvalue weighted by Crippen LogP contribution is -2.40. The summed E-state index contributed by atoms with van der Waals surface area (Å²) in [6.07, 6.45) is 0.623. The maximum atomic E-state index is 13.0. The summed E-state index contributed by atoms with van der Waals surface area (Å²) in [7, 11) is 6.45. The second kappa shape index (κ2) is 12.4. The quantitative estimate of drug-likeness (QED) is 0.445. The Morgan fingerprint density at radius 3 is 2.24 bits per heavy atom. The molecule has 0 aliphatic carbocycles. The van der Waals surface area contributed by atoms with Crippen molar-refractivity contribution in [3.63, 3.8) is 0 Å². The SMILES string of the molecule is COc1ccc(CC2c3cc(OC)c(OC)cc3OCCN2CC(=O)NCc2ccccc2)cc1OC. The van der Waals surface area contributed by atoms with Crippen molar-refractivity contribution in [3.8, 4) is 28.7 Å². The highest BCUT2D eigenvalue weighted by atomic mass is 16.5. The van der Waals surface area contributed by atoms with Gasteiger partial charge < -0.3 is 29.0 Å². The van der Waals surface area contributed by atoms with Gasteiger partial charge in [0.2, 0.25) is 5.91 Å². The Hall–Kier alpha value is -3.91. The normalized spacial score (nSPS) is 15.1. The summed E-state index contributed by atoms with van der Waals surface area (Å²) in [6, 6.07) is 19.4. The number of benzene rings is 3. The van der Waals surface area contributed by atoms with Crippen LogP contribution in [0.3, 0.4) is 0 Å². The highest BCUT2D eigenvalue weighted by molar-refractivity contribution is 5.78. The van der Waals surface area contributed by atoms with Crippen molar-refractivity contribution in [1.29, 1.82) is 0 Å². The van der Waals surface area contributed by atoms with E-state index in [-0.39, 0.29) is 18.5 Å². The molecule has 1 amide bonds. The first-order chi connectivity index (χ1) is 18.1. The van der Waals surface area contributed by atoms with Gasteiger partial charge in [-0.2, -0.15) is 0 Å². The molecule has 1 N–H and O–H groups in total. The maximum absolute atomic E-state index is 13.0. The Kier molecular flexibility index (Phi) is 8.74. The lowest BCUT2D eigenvalue weighted by molar-refractivity contribution is -0.123. The summed E-state index contributed by atoms with van der Waals surface area (Å²) in [5.41, 5.74) is 3.03. The number of fused-ring (bicyclic) bond motifs is 1. The van der Waals surface area contributed by atoms with Gasteiger partial charge in [0.05, 0.1) is 35.0 Å². The smallest absolute Gasteiger partial charge is 0.234 e. The number of carbonyl (C=O) groups is 1. The van der Waals surface area contributed by atoms with Crippen LogP contribution >= 0.6 is 0 Å². The molecule has 3 aromatic carbocycles. The molecule has 1 unspecified atom stereocenters. The minimum absolute atomic E-state index is 0.0508. The van der Waals surface area contributed by atoms with E-state index >= 15 is 0 Å². The van der Waals surface area contributed by atoms with Gasteiger partial charge in [0.15, 0.2) is 23.0 Å². The second-order valence-corrected chi connectivity index (χ2v) is 8.74. The molecule has 1 atom stereocenters. The van der Waals surface area contributed by atoms with Crippen LogP contribution in [0, 0.1) is 0 Å². The predicted molar refractivity (Wildman–Crippen MR) is 141 cm³/mol. The summed E-state index contributed by atoms with van der Waals surface area (Å²) in [5, 5.41) is 3.05. The molecule has 37 heavy (non-hydrogen) atoms. The molecule has 8 nitrogen and oxygen atoms in total. The zero-order valence-corrected chi connectivity index (χ0v) is 21.8. The van der Waals surface area contributed by atoms with Gasteiger partial charge in [-0.25, -0.2) is 0 Å². The van der Waals surface area contributed by atoms with Crippen LogP contribution in [0.1, 0.15) is 22.7 Å². The van der Waals surface area contributed by atoms with Crippen molar-refractivity contribution in [2.24, 2.45) is 0 Å². The van der Waals surface area contributed by atoms with Gasteiger partial charge in [-0.3, -0.25) is 9.69 Å². The molecule has 3 aromatic rings. The number of rotatable bonds is 10. The molecule has 0 aromatic heterocycles. The van der Waals surface area contributed by atoms with Crippen molar-refractivity contribution in [2.75, 3.05) is 48.1 Å². The molecule has 0 fully saturated rings. The molecule has 0 spiro atoms. The van der Waals surface area contributed by atoms with Gasteiger partial charge in [0.1, 0.15) is 12.4 Å². The number of nitrogens with one attached hydrogen (secondary N) is 1. The Labute approximate surface area is 218 Å². The first-order valence-electron chi connectivity index (χ1n) is 12.2. The summed E-state index contributed by atoms with van der Waals surface area (Å²) < 4.78 is 28.2. The Balaban J connectivity index is 1.64. The lowest BCUT2D eigenvalue weighted by Gasteiger charge is -2.30. The zero-order valence-electron chi connectivity index (χ0n) is 21.8. The van der Waals surface area contributed by atoms with Crippen molar-refractivity contribution in [1.82, 2.24) is 10.2 Å². The highest BCUT2D eigenvalue weighted by Gasteiger charge is 2.30. The molecule has 0 radical (unpaired) electrons. The van der Waals surface area contributed by atoms with E-state index in [0.29, 0.717) is 49.1 Å². The van der Waals surface area contributed by atoms with Gasteiger partial charge in [0, 0.05) is 30.8 Å². The zero-order chi connectivity index (χ0) is 26.2. The van der Waals surface area contributed by atoms with Gasteiger partial charge in [-0.05, 0) is 35.7 Å². The van der Waals surface area contributed by atoms with Crippen LogP contribution in [-0.2, 0) is 17.8 Å². The van der Waals surface area contributed by atoms with Crippen LogP contribution in [0.4, 0.5) is 0 Å². The van der Waals surface area contributed by atoms with Gasteiger partial charge >= 0.3 is 0 Å². The third-order valence-electron chi connectivity index (χ3n) is 6.51. The number of hydrogen-bond donors (Lipinski definition) is 1. The van der Waals surface area contributed by atoms with Gasteiger partial charge in [-0.1, -0.05) is 36.4 Å². The fourth-order valence-electron chi connectivity index (χ4n) is 4.58. The largest absolute Gasteiger partial charge is 0.493 e. The number of methoxy groups -OCH3 is 4. The molecule has 1 heterocycles. The first-order valence-corrected chi connectivity index (χ1v) is 12.2. The molecular weight excluding hydrogens is 472 g/mol. The number of carbonyl (C=O) groups excluding carboxylic acids is 1. The van der Waals surface area contributed by atoms with Gasteiger partial charge in [0.25, 0.3) is 0 Å². The fourth-order valence-corrected chi connectivity index (χ4v) is 4.58. The molecular formula is C29H34N2O6. The number of ether oxygens (including phenoxy) is 5. The number of nitrogens with zero attached hydrogens (tertiary/aromatic N) is 1. The van der Waals surface area contributed by atoms with E-state index in [4.69, 9.17) is 23.7 Å². The Morgan fingerprint density at radius 2 is 1.54 bits per heavy atom. The van der Waals surface area contributed by atoms with Gasteiger partial charge in [-0.15, -0.1) is 0 Å².